The van der Waals surface area contributed by atoms with Crippen molar-refractivity contribution < 1.29 is 14.3 Å². The highest BCUT2D eigenvalue weighted by atomic mass is 16.5. The van der Waals surface area contributed by atoms with E-state index in [9.17, 15) is 4.79 Å². The first kappa shape index (κ1) is 17.7. The average molecular weight is 369 g/mol. The van der Waals surface area contributed by atoms with Crippen LogP contribution in [-0.4, -0.2) is 25.0 Å². The number of hydrogen-bond donors (Lipinski definition) is 0. The zero-order chi connectivity index (χ0) is 19.5. The number of rotatable bonds is 5. The van der Waals surface area contributed by atoms with E-state index in [2.05, 4.69) is 0 Å². The monoisotopic (exact) mass is 369 g/mol. The van der Waals surface area contributed by atoms with Gasteiger partial charge in [0.25, 0.3) is 0 Å². The minimum Gasteiger partial charge on any atom is -0.493 e. The third kappa shape index (κ3) is 3.21. The summed E-state index contributed by atoms with van der Waals surface area (Å²) >= 11 is 0. The van der Waals surface area contributed by atoms with E-state index in [1.807, 2.05) is 60.7 Å². The van der Waals surface area contributed by atoms with Gasteiger partial charge >= 0.3 is 0 Å². The molecule has 0 aliphatic carbocycles. The molecule has 0 bridgehead atoms. The molecule has 28 heavy (non-hydrogen) atoms. The van der Waals surface area contributed by atoms with Crippen LogP contribution in [-0.2, 0) is 0 Å². The molecule has 0 aliphatic rings. The van der Waals surface area contributed by atoms with Crippen LogP contribution in [0.2, 0.25) is 0 Å². The standard InChI is InChI=1S/C24H19NO3/c1-27-21-14-18-13-19(16-9-5-3-6-10-16)23(25-20(18)15-22(21)28-2)24(26)17-11-7-4-8-12-17/h3-15H,1-2H3. The lowest BCUT2D eigenvalue weighted by Crippen LogP contribution is -2.07. The second kappa shape index (κ2) is 7.53. The van der Waals surface area contributed by atoms with Gasteiger partial charge in [-0.15, -0.1) is 0 Å². The molecular formula is C24H19NO3. The van der Waals surface area contributed by atoms with Gasteiger partial charge in [-0.2, -0.15) is 0 Å². The SMILES string of the molecule is COc1cc2cc(-c3ccccc3)c(C(=O)c3ccccc3)nc2cc1OC. The first-order chi connectivity index (χ1) is 13.7. The molecule has 0 unspecified atom stereocenters. The fourth-order valence-corrected chi connectivity index (χ4v) is 3.24. The van der Waals surface area contributed by atoms with Gasteiger partial charge < -0.3 is 9.47 Å². The number of carbonyl (C=O) groups is 1. The van der Waals surface area contributed by atoms with Gasteiger partial charge in [-0.1, -0.05) is 60.7 Å². The summed E-state index contributed by atoms with van der Waals surface area (Å²) in [5.74, 6) is 1.09. The molecule has 0 saturated carbocycles. The summed E-state index contributed by atoms with van der Waals surface area (Å²) in [6, 6.07) is 24.7. The molecule has 0 radical (unpaired) electrons. The maximum absolute atomic E-state index is 13.2. The Hall–Kier alpha value is -3.66. The molecule has 4 aromatic rings. The summed E-state index contributed by atoms with van der Waals surface area (Å²) in [6.45, 7) is 0. The Bertz CT molecular complexity index is 1140. The number of methoxy groups -OCH3 is 2. The number of ether oxygens (including phenoxy) is 2. The van der Waals surface area contributed by atoms with Crippen molar-refractivity contribution in [2.75, 3.05) is 14.2 Å². The van der Waals surface area contributed by atoms with Crippen molar-refractivity contribution in [3.05, 3.63) is 90.1 Å². The first-order valence-corrected chi connectivity index (χ1v) is 8.93. The van der Waals surface area contributed by atoms with Gasteiger partial charge in [0.15, 0.2) is 11.5 Å². The average Bonchev–Trinajstić information content (AvgIpc) is 2.77. The molecule has 0 amide bonds. The lowest BCUT2D eigenvalue weighted by molar-refractivity contribution is 0.103. The number of benzene rings is 3. The molecule has 1 aromatic heterocycles. The fourth-order valence-electron chi connectivity index (χ4n) is 3.24. The van der Waals surface area contributed by atoms with Crippen molar-refractivity contribution >= 4 is 16.7 Å². The highest BCUT2D eigenvalue weighted by Gasteiger charge is 2.19. The maximum Gasteiger partial charge on any atom is 0.212 e. The highest BCUT2D eigenvalue weighted by molar-refractivity contribution is 6.13. The van der Waals surface area contributed by atoms with Gasteiger partial charge in [-0.05, 0) is 17.7 Å². The molecule has 0 N–H and O–H groups in total. The molecule has 4 heteroatoms. The van der Waals surface area contributed by atoms with Gasteiger partial charge in [0.1, 0.15) is 5.69 Å². The topological polar surface area (TPSA) is 48.4 Å². The van der Waals surface area contributed by atoms with Gasteiger partial charge in [0, 0.05) is 22.6 Å². The van der Waals surface area contributed by atoms with E-state index < -0.39 is 0 Å². The summed E-state index contributed by atoms with van der Waals surface area (Å²) < 4.78 is 10.8. The Morgan fingerprint density at radius 3 is 2.04 bits per heavy atom. The van der Waals surface area contributed by atoms with Crippen molar-refractivity contribution in [2.45, 2.75) is 0 Å². The van der Waals surface area contributed by atoms with Gasteiger partial charge in [-0.25, -0.2) is 4.98 Å². The highest BCUT2D eigenvalue weighted by Crippen LogP contribution is 2.35. The summed E-state index contributed by atoms with van der Waals surface area (Å²) in [7, 11) is 3.18. The van der Waals surface area contributed by atoms with Crippen LogP contribution in [0.4, 0.5) is 0 Å². The zero-order valence-electron chi connectivity index (χ0n) is 15.7. The molecule has 138 valence electrons. The second-order valence-corrected chi connectivity index (χ2v) is 6.35. The Balaban J connectivity index is 1.99. The molecule has 3 aromatic carbocycles. The van der Waals surface area contributed by atoms with E-state index in [4.69, 9.17) is 14.5 Å². The molecule has 0 spiro atoms. The number of hydrogen-bond acceptors (Lipinski definition) is 4. The molecule has 4 nitrogen and oxygen atoms in total. The zero-order valence-corrected chi connectivity index (χ0v) is 15.7. The molecule has 0 atom stereocenters. The quantitative estimate of drug-likeness (QED) is 0.457. The first-order valence-electron chi connectivity index (χ1n) is 8.93. The van der Waals surface area contributed by atoms with Crippen LogP contribution >= 0.6 is 0 Å². The van der Waals surface area contributed by atoms with E-state index in [1.54, 1.807) is 32.4 Å². The van der Waals surface area contributed by atoms with Crippen molar-refractivity contribution in [1.29, 1.82) is 0 Å². The van der Waals surface area contributed by atoms with Crippen LogP contribution in [0, 0.1) is 0 Å². The van der Waals surface area contributed by atoms with Crippen LogP contribution in [0.1, 0.15) is 16.1 Å². The smallest absolute Gasteiger partial charge is 0.212 e. The predicted octanol–water partition coefficient (Wildman–Crippen LogP) is 5.15. The number of aromatic nitrogens is 1. The van der Waals surface area contributed by atoms with E-state index in [0.29, 0.717) is 28.3 Å². The van der Waals surface area contributed by atoms with Crippen LogP contribution in [0.5, 0.6) is 11.5 Å². The number of nitrogens with zero attached hydrogens (tertiary/aromatic N) is 1. The second-order valence-electron chi connectivity index (χ2n) is 6.35. The van der Waals surface area contributed by atoms with Crippen molar-refractivity contribution in [3.8, 4) is 22.6 Å². The fraction of sp³-hybridized carbons (Fsp3) is 0.0833. The molecule has 1 heterocycles. The number of ketones is 1. The summed E-state index contributed by atoms with van der Waals surface area (Å²) in [5.41, 5.74) is 3.42. The van der Waals surface area contributed by atoms with Crippen LogP contribution in [0.25, 0.3) is 22.0 Å². The van der Waals surface area contributed by atoms with E-state index in [-0.39, 0.29) is 5.78 Å². The Kier molecular flexibility index (Phi) is 4.77. The third-order valence-corrected chi connectivity index (χ3v) is 4.66. The lowest BCUT2D eigenvalue weighted by atomic mass is 9.96. The molecular weight excluding hydrogens is 350 g/mol. The van der Waals surface area contributed by atoms with E-state index >= 15 is 0 Å². The van der Waals surface area contributed by atoms with Crippen molar-refractivity contribution in [1.82, 2.24) is 4.98 Å². The van der Waals surface area contributed by atoms with E-state index in [1.165, 1.54) is 0 Å². The van der Waals surface area contributed by atoms with Crippen LogP contribution in [0.3, 0.4) is 0 Å². The number of carbonyl (C=O) groups excluding carboxylic acids is 1. The normalized spacial score (nSPS) is 10.6. The third-order valence-electron chi connectivity index (χ3n) is 4.66. The van der Waals surface area contributed by atoms with E-state index in [0.717, 1.165) is 16.5 Å². The molecule has 0 aliphatic heterocycles. The number of fused-ring (bicyclic) bond motifs is 1. The Morgan fingerprint density at radius 2 is 1.39 bits per heavy atom. The van der Waals surface area contributed by atoms with Gasteiger partial charge in [-0.3, -0.25) is 4.79 Å². The minimum absolute atomic E-state index is 0.115. The predicted molar refractivity (Wildman–Crippen MR) is 110 cm³/mol. The van der Waals surface area contributed by atoms with Gasteiger partial charge in [0.2, 0.25) is 5.78 Å². The summed E-state index contributed by atoms with van der Waals surface area (Å²) in [6.07, 6.45) is 0. The Labute approximate surface area is 163 Å². The summed E-state index contributed by atoms with van der Waals surface area (Å²) in [5, 5.41) is 0.876. The molecule has 4 rings (SSSR count). The van der Waals surface area contributed by atoms with Crippen LogP contribution in [0.15, 0.2) is 78.9 Å². The minimum atomic E-state index is -0.115. The van der Waals surface area contributed by atoms with Crippen molar-refractivity contribution in [3.63, 3.8) is 0 Å². The van der Waals surface area contributed by atoms with Crippen LogP contribution < -0.4 is 9.47 Å². The van der Waals surface area contributed by atoms with Crippen molar-refractivity contribution in [2.24, 2.45) is 0 Å². The molecule has 0 saturated heterocycles. The largest absolute Gasteiger partial charge is 0.493 e. The Morgan fingerprint density at radius 1 is 0.786 bits per heavy atom. The summed E-state index contributed by atoms with van der Waals surface area (Å²) in [4.78, 5) is 18.0. The maximum atomic E-state index is 13.2. The lowest BCUT2D eigenvalue weighted by Gasteiger charge is -2.13. The number of pyridine rings is 1. The van der Waals surface area contributed by atoms with Gasteiger partial charge in [0.05, 0.1) is 19.7 Å². The molecule has 0 fully saturated rings.